The topological polar surface area (TPSA) is 40.5 Å². The summed E-state index contributed by atoms with van der Waals surface area (Å²) >= 11 is 0. The molecule has 94 valence electrons. The highest BCUT2D eigenvalue weighted by Crippen LogP contribution is 2.47. The Bertz CT molecular complexity index is 203. The van der Waals surface area contributed by atoms with Crippen LogP contribution in [0.4, 0.5) is 0 Å². The summed E-state index contributed by atoms with van der Waals surface area (Å²) in [5.74, 6) is 3.31. The Morgan fingerprint density at radius 2 is 1.69 bits per heavy atom. The predicted molar refractivity (Wildman–Crippen MR) is 65.1 cm³/mol. The van der Waals surface area contributed by atoms with Crippen molar-refractivity contribution in [3.05, 3.63) is 0 Å². The van der Waals surface area contributed by atoms with E-state index in [1.165, 1.54) is 38.5 Å². The molecular formula is C14H26O2. The van der Waals surface area contributed by atoms with Crippen LogP contribution in [0.1, 0.15) is 51.4 Å². The van der Waals surface area contributed by atoms with Crippen LogP contribution >= 0.6 is 0 Å². The van der Waals surface area contributed by atoms with Crippen molar-refractivity contribution < 1.29 is 10.2 Å². The van der Waals surface area contributed by atoms with E-state index in [0.29, 0.717) is 13.2 Å². The first kappa shape index (κ1) is 12.4. The van der Waals surface area contributed by atoms with Crippen LogP contribution in [0.3, 0.4) is 0 Å². The van der Waals surface area contributed by atoms with Crippen molar-refractivity contribution in [2.24, 2.45) is 23.7 Å². The lowest BCUT2D eigenvalue weighted by Gasteiger charge is -2.44. The predicted octanol–water partition coefficient (Wildman–Crippen LogP) is 2.58. The van der Waals surface area contributed by atoms with Crippen LogP contribution in [-0.4, -0.2) is 23.4 Å². The van der Waals surface area contributed by atoms with Crippen LogP contribution in [0.5, 0.6) is 0 Å². The number of aliphatic hydroxyl groups is 2. The Morgan fingerprint density at radius 3 is 2.44 bits per heavy atom. The molecule has 0 heterocycles. The smallest absolute Gasteiger partial charge is 0.0433 e. The lowest BCUT2D eigenvalue weighted by molar-refractivity contribution is 0.0519. The second-order valence-corrected chi connectivity index (χ2v) is 5.82. The fraction of sp³-hybridized carbons (Fsp3) is 1.00. The van der Waals surface area contributed by atoms with Gasteiger partial charge in [0.25, 0.3) is 0 Å². The molecule has 2 saturated carbocycles. The van der Waals surface area contributed by atoms with Gasteiger partial charge in [-0.1, -0.05) is 25.7 Å². The summed E-state index contributed by atoms with van der Waals surface area (Å²) in [6.45, 7) is 0.714. The first-order chi connectivity index (χ1) is 7.85. The van der Waals surface area contributed by atoms with Gasteiger partial charge in [0.1, 0.15) is 0 Å². The highest BCUT2D eigenvalue weighted by molar-refractivity contribution is 4.87. The van der Waals surface area contributed by atoms with Gasteiger partial charge in [-0.15, -0.1) is 0 Å². The van der Waals surface area contributed by atoms with Gasteiger partial charge in [-0.3, -0.25) is 0 Å². The monoisotopic (exact) mass is 226 g/mol. The van der Waals surface area contributed by atoms with Gasteiger partial charge in [-0.2, -0.15) is 0 Å². The molecule has 0 aliphatic heterocycles. The van der Waals surface area contributed by atoms with Crippen molar-refractivity contribution in [3.63, 3.8) is 0 Å². The number of hydrogen-bond acceptors (Lipinski definition) is 2. The third-order valence-electron chi connectivity index (χ3n) is 4.95. The molecule has 0 aromatic heterocycles. The molecular weight excluding hydrogens is 200 g/mol. The van der Waals surface area contributed by atoms with Crippen molar-refractivity contribution in [1.82, 2.24) is 0 Å². The second-order valence-electron chi connectivity index (χ2n) is 5.82. The zero-order valence-electron chi connectivity index (χ0n) is 10.3. The molecule has 0 saturated heterocycles. The lowest BCUT2D eigenvalue weighted by Crippen LogP contribution is -2.34. The number of rotatable bonds is 4. The van der Waals surface area contributed by atoms with Gasteiger partial charge < -0.3 is 10.2 Å². The van der Waals surface area contributed by atoms with Crippen LogP contribution in [0.2, 0.25) is 0 Å². The average molecular weight is 226 g/mol. The summed E-state index contributed by atoms with van der Waals surface area (Å²) in [5.41, 5.74) is 0. The van der Waals surface area contributed by atoms with Crippen molar-refractivity contribution in [2.45, 2.75) is 51.4 Å². The van der Waals surface area contributed by atoms with Crippen molar-refractivity contribution in [2.75, 3.05) is 13.2 Å². The molecule has 2 heteroatoms. The van der Waals surface area contributed by atoms with Gasteiger partial charge in [-0.25, -0.2) is 0 Å². The first-order valence-electron chi connectivity index (χ1n) is 7.07. The summed E-state index contributed by atoms with van der Waals surface area (Å²) in [6, 6.07) is 0. The van der Waals surface area contributed by atoms with Gasteiger partial charge in [-0.05, 0) is 49.4 Å². The third kappa shape index (κ3) is 2.78. The van der Waals surface area contributed by atoms with Crippen molar-refractivity contribution in [1.29, 1.82) is 0 Å². The molecule has 0 aromatic rings. The maximum Gasteiger partial charge on any atom is 0.0433 e. The highest BCUT2D eigenvalue weighted by Gasteiger charge is 2.37. The van der Waals surface area contributed by atoms with E-state index in [4.69, 9.17) is 10.2 Å². The SMILES string of the molecule is OCCC1CCC2CCCC(CCO)C2C1. The van der Waals surface area contributed by atoms with Gasteiger partial charge >= 0.3 is 0 Å². The second kappa shape index (κ2) is 6.02. The molecule has 2 fully saturated rings. The quantitative estimate of drug-likeness (QED) is 0.773. The van der Waals surface area contributed by atoms with Crippen LogP contribution < -0.4 is 0 Å². The van der Waals surface area contributed by atoms with Gasteiger partial charge in [0, 0.05) is 13.2 Å². The molecule has 2 aliphatic carbocycles. The fourth-order valence-corrected chi connectivity index (χ4v) is 4.12. The van der Waals surface area contributed by atoms with Gasteiger partial charge in [0.2, 0.25) is 0 Å². The molecule has 4 unspecified atom stereocenters. The molecule has 0 aromatic carbocycles. The zero-order chi connectivity index (χ0) is 11.4. The van der Waals surface area contributed by atoms with Crippen LogP contribution in [0.25, 0.3) is 0 Å². The lowest BCUT2D eigenvalue weighted by atomic mass is 9.62. The van der Waals surface area contributed by atoms with E-state index < -0.39 is 0 Å². The van der Waals surface area contributed by atoms with E-state index in [1.54, 1.807) is 0 Å². The van der Waals surface area contributed by atoms with Crippen molar-refractivity contribution in [3.8, 4) is 0 Å². The molecule has 4 atom stereocenters. The molecule has 2 aliphatic rings. The molecule has 2 nitrogen and oxygen atoms in total. The normalized spacial score (nSPS) is 39.4. The number of aliphatic hydroxyl groups excluding tert-OH is 2. The zero-order valence-corrected chi connectivity index (χ0v) is 10.3. The summed E-state index contributed by atoms with van der Waals surface area (Å²) < 4.78 is 0. The molecule has 0 amide bonds. The fourth-order valence-electron chi connectivity index (χ4n) is 4.12. The minimum absolute atomic E-state index is 0.354. The first-order valence-corrected chi connectivity index (χ1v) is 7.07. The van der Waals surface area contributed by atoms with Crippen LogP contribution in [0, 0.1) is 23.7 Å². The number of hydrogen-bond donors (Lipinski definition) is 2. The minimum atomic E-state index is 0.354. The summed E-state index contributed by atoms with van der Waals surface area (Å²) in [5, 5.41) is 18.2. The standard InChI is InChI=1S/C14H26O2/c15-8-6-11-4-5-12-2-1-3-13(7-9-16)14(12)10-11/h11-16H,1-10H2. The van der Waals surface area contributed by atoms with Crippen LogP contribution in [0.15, 0.2) is 0 Å². The summed E-state index contributed by atoms with van der Waals surface area (Å²) in [7, 11) is 0. The summed E-state index contributed by atoms with van der Waals surface area (Å²) in [6.07, 6.45) is 10.1. The summed E-state index contributed by atoms with van der Waals surface area (Å²) in [4.78, 5) is 0. The van der Waals surface area contributed by atoms with E-state index in [9.17, 15) is 0 Å². The Labute approximate surface area is 99.1 Å². The largest absolute Gasteiger partial charge is 0.396 e. The number of fused-ring (bicyclic) bond motifs is 1. The van der Waals surface area contributed by atoms with Crippen molar-refractivity contribution >= 4 is 0 Å². The Morgan fingerprint density at radius 1 is 0.875 bits per heavy atom. The van der Waals surface area contributed by atoms with Crippen LogP contribution in [-0.2, 0) is 0 Å². The van der Waals surface area contributed by atoms with E-state index in [0.717, 1.165) is 36.5 Å². The highest BCUT2D eigenvalue weighted by atomic mass is 16.3. The molecule has 0 bridgehead atoms. The Kier molecular flexibility index (Phi) is 4.66. The minimum Gasteiger partial charge on any atom is -0.396 e. The Balaban J connectivity index is 1.92. The van der Waals surface area contributed by atoms with E-state index in [-0.39, 0.29) is 0 Å². The van der Waals surface area contributed by atoms with Gasteiger partial charge in [0.05, 0.1) is 0 Å². The Hall–Kier alpha value is -0.0800. The maximum absolute atomic E-state index is 9.14. The molecule has 16 heavy (non-hydrogen) atoms. The average Bonchev–Trinajstić information content (AvgIpc) is 2.31. The molecule has 0 radical (unpaired) electrons. The molecule has 2 N–H and O–H groups in total. The van der Waals surface area contributed by atoms with Gasteiger partial charge in [0.15, 0.2) is 0 Å². The van der Waals surface area contributed by atoms with E-state index in [1.807, 2.05) is 0 Å². The van der Waals surface area contributed by atoms with E-state index >= 15 is 0 Å². The van der Waals surface area contributed by atoms with E-state index in [2.05, 4.69) is 0 Å². The maximum atomic E-state index is 9.14. The molecule has 0 spiro atoms. The third-order valence-corrected chi connectivity index (χ3v) is 4.95. The molecule has 2 rings (SSSR count).